The van der Waals surface area contributed by atoms with Gasteiger partial charge in [0, 0.05) is 0 Å². The van der Waals surface area contributed by atoms with Gasteiger partial charge < -0.3 is 0 Å². The third-order valence-corrected chi connectivity index (χ3v) is 3.17. The SMILES string of the molecule is Cc1ccc(F)cc1C(Cc1ccc(F)cc1)NN. The molecule has 2 aromatic rings. The number of hydrogen-bond acceptors (Lipinski definition) is 2. The van der Waals surface area contributed by atoms with Gasteiger partial charge in [-0.05, 0) is 54.3 Å². The Balaban J connectivity index is 2.24. The van der Waals surface area contributed by atoms with E-state index < -0.39 is 0 Å². The Labute approximate surface area is 111 Å². The molecule has 0 saturated carbocycles. The smallest absolute Gasteiger partial charge is 0.123 e. The lowest BCUT2D eigenvalue weighted by Gasteiger charge is -2.18. The molecule has 0 heterocycles. The van der Waals surface area contributed by atoms with Crippen LogP contribution < -0.4 is 11.3 Å². The molecule has 2 nitrogen and oxygen atoms in total. The van der Waals surface area contributed by atoms with E-state index >= 15 is 0 Å². The Morgan fingerprint density at radius 2 is 1.68 bits per heavy atom. The van der Waals surface area contributed by atoms with E-state index in [9.17, 15) is 8.78 Å². The van der Waals surface area contributed by atoms with Crippen molar-refractivity contribution in [3.05, 3.63) is 70.8 Å². The van der Waals surface area contributed by atoms with Gasteiger partial charge in [0.15, 0.2) is 0 Å². The van der Waals surface area contributed by atoms with Crippen molar-refractivity contribution in [1.82, 2.24) is 5.43 Å². The second-order valence-electron chi connectivity index (χ2n) is 4.55. The summed E-state index contributed by atoms with van der Waals surface area (Å²) in [4.78, 5) is 0. The predicted octanol–water partition coefficient (Wildman–Crippen LogP) is 3.02. The topological polar surface area (TPSA) is 38.0 Å². The average Bonchev–Trinajstić information content (AvgIpc) is 2.41. The number of benzene rings is 2. The van der Waals surface area contributed by atoms with Gasteiger partial charge in [0.1, 0.15) is 11.6 Å². The molecule has 0 saturated heterocycles. The molecule has 2 aromatic carbocycles. The summed E-state index contributed by atoms with van der Waals surface area (Å²) < 4.78 is 26.2. The molecule has 0 aliphatic heterocycles. The molecule has 100 valence electrons. The summed E-state index contributed by atoms with van der Waals surface area (Å²) in [7, 11) is 0. The summed E-state index contributed by atoms with van der Waals surface area (Å²) in [5.41, 5.74) is 5.40. The van der Waals surface area contributed by atoms with Gasteiger partial charge in [-0.2, -0.15) is 0 Å². The standard InChI is InChI=1S/C15H16F2N2/c1-10-2-5-13(17)9-14(10)15(19-18)8-11-3-6-12(16)7-4-11/h2-7,9,15,19H,8,18H2,1H3. The minimum atomic E-state index is -0.292. The Kier molecular flexibility index (Phi) is 4.24. The molecule has 1 unspecified atom stereocenters. The maximum absolute atomic E-state index is 13.3. The first-order valence-electron chi connectivity index (χ1n) is 6.07. The molecule has 0 aliphatic rings. The van der Waals surface area contributed by atoms with Crippen molar-refractivity contribution >= 4 is 0 Å². The van der Waals surface area contributed by atoms with Crippen molar-refractivity contribution in [2.75, 3.05) is 0 Å². The minimum absolute atomic E-state index is 0.207. The summed E-state index contributed by atoms with van der Waals surface area (Å²) >= 11 is 0. The number of hydrazine groups is 1. The van der Waals surface area contributed by atoms with Crippen molar-refractivity contribution in [2.45, 2.75) is 19.4 Å². The van der Waals surface area contributed by atoms with Crippen molar-refractivity contribution in [1.29, 1.82) is 0 Å². The molecule has 0 amide bonds. The molecule has 0 fully saturated rings. The average molecular weight is 262 g/mol. The Hall–Kier alpha value is -1.78. The van der Waals surface area contributed by atoms with E-state index in [4.69, 9.17) is 5.84 Å². The zero-order chi connectivity index (χ0) is 13.8. The largest absolute Gasteiger partial charge is 0.271 e. The first-order valence-corrected chi connectivity index (χ1v) is 6.07. The molecular weight excluding hydrogens is 246 g/mol. The van der Waals surface area contributed by atoms with Gasteiger partial charge in [-0.25, -0.2) is 8.78 Å². The zero-order valence-electron chi connectivity index (χ0n) is 10.7. The summed E-state index contributed by atoms with van der Waals surface area (Å²) in [6, 6.07) is 10.6. The van der Waals surface area contributed by atoms with Crippen molar-refractivity contribution in [3.63, 3.8) is 0 Å². The van der Waals surface area contributed by atoms with Gasteiger partial charge in [0.2, 0.25) is 0 Å². The van der Waals surface area contributed by atoms with Crippen LogP contribution in [0.5, 0.6) is 0 Å². The maximum Gasteiger partial charge on any atom is 0.123 e. The monoisotopic (exact) mass is 262 g/mol. The highest BCUT2D eigenvalue weighted by molar-refractivity contribution is 5.31. The summed E-state index contributed by atoms with van der Waals surface area (Å²) in [5.74, 6) is 4.99. The number of rotatable bonds is 4. The highest BCUT2D eigenvalue weighted by Crippen LogP contribution is 2.22. The Morgan fingerprint density at radius 1 is 1.05 bits per heavy atom. The predicted molar refractivity (Wildman–Crippen MR) is 71.3 cm³/mol. The molecule has 0 bridgehead atoms. The van der Waals surface area contributed by atoms with E-state index in [1.165, 1.54) is 24.3 Å². The summed E-state index contributed by atoms with van der Waals surface area (Å²) in [6.07, 6.45) is 0.571. The minimum Gasteiger partial charge on any atom is -0.271 e. The molecule has 4 heteroatoms. The van der Waals surface area contributed by atoms with Crippen LogP contribution in [-0.2, 0) is 6.42 Å². The highest BCUT2D eigenvalue weighted by atomic mass is 19.1. The molecule has 2 rings (SSSR count). The molecule has 19 heavy (non-hydrogen) atoms. The molecule has 0 aromatic heterocycles. The summed E-state index contributed by atoms with van der Waals surface area (Å²) in [5, 5.41) is 0. The molecule has 0 radical (unpaired) electrons. The molecular formula is C15H16F2N2. The first-order chi connectivity index (χ1) is 9.10. The number of nitrogens with two attached hydrogens (primary N) is 1. The van der Waals surface area contributed by atoms with E-state index in [-0.39, 0.29) is 17.7 Å². The third-order valence-electron chi connectivity index (χ3n) is 3.17. The number of hydrogen-bond donors (Lipinski definition) is 2. The van der Waals surface area contributed by atoms with Gasteiger partial charge in [0.05, 0.1) is 6.04 Å². The Bertz CT molecular complexity index is 553. The quantitative estimate of drug-likeness (QED) is 0.656. The first kappa shape index (κ1) is 13.6. The fraction of sp³-hybridized carbons (Fsp3) is 0.200. The summed E-state index contributed by atoms with van der Waals surface area (Å²) in [6.45, 7) is 1.91. The fourth-order valence-corrected chi connectivity index (χ4v) is 2.10. The van der Waals surface area contributed by atoms with Crippen molar-refractivity contribution in [2.24, 2.45) is 5.84 Å². The van der Waals surface area contributed by atoms with Crippen LogP contribution >= 0.6 is 0 Å². The van der Waals surface area contributed by atoms with Crippen LogP contribution in [0.25, 0.3) is 0 Å². The lowest BCUT2D eigenvalue weighted by atomic mass is 9.96. The van der Waals surface area contributed by atoms with Gasteiger partial charge >= 0.3 is 0 Å². The van der Waals surface area contributed by atoms with E-state index in [2.05, 4.69) is 5.43 Å². The van der Waals surface area contributed by atoms with E-state index in [0.717, 1.165) is 16.7 Å². The van der Waals surface area contributed by atoms with Crippen LogP contribution in [-0.4, -0.2) is 0 Å². The van der Waals surface area contributed by atoms with Crippen LogP contribution in [0.1, 0.15) is 22.7 Å². The number of nitrogens with one attached hydrogen (secondary N) is 1. The molecule has 0 spiro atoms. The maximum atomic E-state index is 13.3. The number of halogens is 2. The Morgan fingerprint density at radius 3 is 2.32 bits per heavy atom. The molecule has 0 aliphatic carbocycles. The second kappa shape index (κ2) is 5.91. The second-order valence-corrected chi connectivity index (χ2v) is 4.55. The zero-order valence-corrected chi connectivity index (χ0v) is 10.7. The molecule has 3 N–H and O–H groups in total. The van der Waals surface area contributed by atoms with Crippen LogP contribution in [0.3, 0.4) is 0 Å². The normalized spacial score (nSPS) is 12.4. The number of aryl methyl sites for hydroxylation is 1. The lowest BCUT2D eigenvalue weighted by molar-refractivity contribution is 0.541. The van der Waals surface area contributed by atoms with Crippen molar-refractivity contribution < 1.29 is 8.78 Å². The van der Waals surface area contributed by atoms with Crippen LogP contribution in [0.2, 0.25) is 0 Å². The van der Waals surface area contributed by atoms with Gasteiger partial charge in [-0.1, -0.05) is 18.2 Å². The van der Waals surface area contributed by atoms with E-state index in [0.29, 0.717) is 6.42 Å². The highest BCUT2D eigenvalue weighted by Gasteiger charge is 2.14. The van der Waals surface area contributed by atoms with Gasteiger partial charge in [-0.15, -0.1) is 0 Å². The van der Waals surface area contributed by atoms with E-state index in [1.807, 2.05) is 6.92 Å². The van der Waals surface area contributed by atoms with Crippen molar-refractivity contribution in [3.8, 4) is 0 Å². The van der Waals surface area contributed by atoms with Crippen LogP contribution in [0.4, 0.5) is 8.78 Å². The van der Waals surface area contributed by atoms with Crippen LogP contribution in [0, 0.1) is 18.6 Å². The fourth-order valence-electron chi connectivity index (χ4n) is 2.10. The third kappa shape index (κ3) is 3.36. The van der Waals surface area contributed by atoms with Gasteiger partial charge in [-0.3, -0.25) is 11.3 Å². The molecule has 1 atom stereocenters. The van der Waals surface area contributed by atoms with Crippen LogP contribution in [0.15, 0.2) is 42.5 Å². The lowest BCUT2D eigenvalue weighted by Crippen LogP contribution is -2.30. The van der Waals surface area contributed by atoms with Gasteiger partial charge in [0.25, 0.3) is 0 Å². The van der Waals surface area contributed by atoms with E-state index in [1.54, 1.807) is 18.2 Å².